The second-order valence-corrected chi connectivity index (χ2v) is 14.7. The van der Waals surface area contributed by atoms with E-state index in [4.69, 9.17) is 9.47 Å². The van der Waals surface area contributed by atoms with Crippen LogP contribution in [0.25, 0.3) is 22.3 Å². The molecule has 5 nitrogen and oxygen atoms in total. The normalized spacial score (nSPS) is 18.3. The number of nitrogens with zero attached hydrogens (tertiary/aromatic N) is 2. The first-order valence-corrected chi connectivity index (χ1v) is 17.0. The molecule has 2 aliphatic carbocycles. The molecule has 46 heavy (non-hydrogen) atoms. The molecule has 0 bridgehead atoms. The van der Waals surface area contributed by atoms with Crippen LogP contribution in [0.1, 0.15) is 84.3 Å². The maximum Gasteiger partial charge on any atom is 0.338 e. The summed E-state index contributed by atoms with van der Waals surface area (Å²) in [6.45, 7) is 14.0. The molecule has 0 atom stereocenters. The van der Waals surface area contributed by atoms with Crippen molar-refractivity contribution in [2.75, 3.05) is 39.5 Å². The van der Waals surface area contributed by atoms with Crippen molar-refractivity contribution in [3.8, 4) is 22.3 Å². The van der Waals surface area contributed by atoms with Gasteiger partial charge in [-0.2, -0.15) is 0 Å². The molecule has 1 fully saturated rings. The van der Waals surface area contributed by atoms with E-state index in [1.165, 1.54) is 62.9 Å². The van der Waals surface area contributed by atoms with Gasteiger partial charge in [0.05, 0.1) is 18.8 Å². The van der Waals surface area contributed by atoms with Gasteiger partial charge in [-0.05, 0) is 117 Å². The summed E-state index contributed by atoms with van der Waals surface area (Å²) < 4.78 is 11.1. The van der Waals surface area contributed by atoms with Crippen molar-refractivity contribution in [3.05, 3.63) is 112 Å². The Bertz CT molecular complexity index is 1730. The maximum absolute atomic E-state index is 12.9. The van der Waals surface area contributed by atoms with E-state index < -0.39 is 0 Å². The number of hydrogen-bond donors (Lipinski definition) is 0. The van der Waals surface area contributed by atoms with Gasteiger partial charge in [-0.25, -0.2) is 4.79 Å². The molecule has 0 saturated carbocycles. The van der Waals surface area contributed by atoms with Gasteiger partial charge in [-0.15, -0.1) is 0 Å². The van der Waals surface area contributed by atoms with E-state index in [0.29, 0.717) is 12.2 Å². The Kier molecular flexibility index (Phi) is 8.33. The van der Waals surface area contributed by atoms with Gasteiger partial charge in [0.25, 0.3) is 0 Å². The number of fused-ring (bicyclic) bond motifs is 4. The molecule has 0 unspecified atom stereocenters. The minimum absolute atomic E-state index is 0.153. The summed E-state index contributed by atoms with van der Waals surface area (Å²) in [5.41, 5.74) is 14.5. The summed E-state index contributed by atoms with van der Waals surface area (Å²) in [6, 6.07) is 22.1. The maximum atomic E-state index is 12.9. The first kappa shape index (κ1) is 30.8. The Labute approximate surface area is 274 Å². The summed E-state index contributed by atoms with van der Waals surface area (Å²) >= 11 is 0. The van der Waals surface area contributed by atoms with Crippen molar-refractivity contribution < 1.29 is 14.3 Å². The first-order chi connectivity index (χ1) is 22.2. The standard InChI is InChI=1S/C41H46N2O3/c1-40(2)13-14-41(3,4)38-26-35-32(25-37(38)40)11-12-33-34(23-29(24-36(33)35)22-28-6-5-15-42-27-28)30-7-9-31(10-8-30)39(44)46-21-18-43-16-19-45-20-17-43/h5-10,15,23-27H,11-14,16-22H2,1-4H3. The second kappa shape index (κ2) is 12.4. The van der Waals surface area contributed by atoms with E-state index in [1.807, 2.05) is 30.6 Å². The predicted octanol–water partition coefficient (Wildman–Crippen LogP) is 7.94. The topological polar surface area (TPSA) is 51.7 Å². The summed E-state index contributed by atoms with van der Waals surface area (Å²) in [5.74, 6) is -0.267. The van der Waals surface area contributed by atoms with Crippen molar-refractivity contribution in [3.63, 3.8) is 0 Å². The molecule has 238 valence electrons. The van der Waals surface area contributed by atoms with Gasteiger partial charge in [0, 0.05) is 32.0 Å². The molecule has 3 aliphatic rings. The van der Waals surface area contributed by atoms with Crippen molar-refractivity contribution in [1.82, 2.24) is 9.88 Å². The highest BCUT2D eigenvalue weighted by molar-refractivity contribution is 5.91. The lowest BCUT2D eigenvalue weighted by atomic mass is 9.62. The number of esters is 1. The number of aromatic nitrogens is 1. The molecular weight excluding hydrogens is 568 g/mol. The van der Waals surface area contributed by atoms with Crippen LogP contribution in [0.5, 0.6) is 0 Å². The Morgan fingerprint density at radius 1 is 0.848 bits per heavy atom. The summed E-state index contributed by atoms with van der Waals surface area (Å²) in [4.78, 5) is 19.6. The van der Waals surface area contributed by atoms with Crippen LogP contribution >= 0.6 is 0 Å². The highest BCUT2D eigenvalue weighted by Gasteiger charge is 2.38. The van der Waals surface area contributed by atoms with Crippen LogP contribution in [-0.4, -0.2) is 55.3 Å². The van der Waals surface area contributed by atoms with Gasteiger partial charge in [0.2, 0.25) is 0 Å². The Hall–Kier alpha value is -3.80. The number of pyridine rings is 1. The Morgan fingerprint density at radius 2 is 1.57 bits per heavy atom. The molecule has 0 amide bonds. The average molecular weight is 615 g/mol. The van der Waals surface area contributed by atoms with E-state index in [9.17, 15) is 4.79 Å². The van der Waals surface area contributed by atoms with Gasteiger partial charge in [-0.3, -0.25) is 9.88 Å². The van der Waals surface area contributed by atoms with Gasteiger partial charge in [0.15, 0.2) is 0 Å². The van der Waals surface area contributed by atoms with Gasteiger partial charge >= 0.3 is 5.97 Å². The number of morpholine rings is 1. The number of ether oxygens (including phenoxy) is 2. The fourth-order valence-electron chi connectivity index (χ4n) is 7.68. The summed E-state index contributed by atoms with van der Waals surface area (Å²) in [5, 5.41) is 0. The Balaban J connectivity index is 1.24. The highest BCUT2D eigenvalue weighted by atomic mass is 16.5. The zero-order valence-electron chi connectivity index (χ0n) is 27.8. The fourth-order valence-corrected chi connectivity index (χ4v) is 7.68. The van der Waals surface area contributed by atoms with Crippen LogP contribution in [0.2, 0.25) is 0 Å². The van der Waals surface area contributed by atoms with Crippen molar-refractivity contribution in [2.24, 2.45) is 0 Å². The van der Waals surface area contributed by atoms with Crippen molar-refractivity contribution >= 4 is 5.97 Å². The SMILES string of the molecule is CC1(C)CCC(C)(C)c2cc3c(cc21)CCc1c(-c2ccc(C(=O)OCCN4CCOCC4)cc2)cc(Cc2cccnc2)cc1-3. The van der Waals surface area contributed by atoms with Crippen molar-refractivity contribution in [2.45, 2.75) is 70.6 Å². The fraction of sp³-hybridized carbons (Fsp3) is 0.415. The number of aryl methyl sites for hydroxylation is 1. The number of carbonyl (C=O) groups excluding carboxylic acids is 1. The summed E-state index contributed by atoms with van der Waals surface area (Å²) in [6.07, 6.45) is 9.08. The molecule has 1 saturated heterocycles. The molecule has 4 aromatic rings. The largest absolute Gasteiger partial charge is 0.461 e. The highest BCUT2D eigenvalue weighted by Crippen LogP contribution is 2.50. The zero-order chi connectivity index (χ0) is 31.9. The van der Waals surface area contributed by atoms with E-state index in [2.05, 4.69) is 80.0 Å². The van der Waals surface area contributed by atoms with E-state index >= 15 is 0 Å². The molecule has 1 aromatic heterocycles. The van der Waals surface area contributed by atoms with Crippen LogP contribution in [0.15, 0.2) is 73.1 Å². The molecule has 3 aromatic carbocycles. The van der Waals surface area contributed by atoms with Crippen LogP contribution in [0, 0.1) is 0 Å². The number of rotatable bonds is 7. The van der Waals surface area contributed by atoms with Crippen LogP contribution in [-0.2, 0) is 39.6 Å². The molecule has 2 heterocycles. The lowest BCUT2D eigenvalue weighted by Crippen LogP contribution is -2.38. The summed E-state index contributed by atoms with van der Waals surface area (Å²) in [7, 11) is 0. The average Bonchev–Trinajstić information content (AvgIpc) is 3.07. The van der Waals surface area contributed by atoms with Gasteiger partial charge in [0.1, 0.15) is 6.61 Å². The third kappa shape index (κ3) is 6.15. The smallest absolute Gasteiger partial charge is 0.338 e. The molecular formula is C41H46N2O3. The van der Waals surface area contributed by atoms with Crippen LogP contribution in [0.4, 0.5) is 0 Å². The predicted molar refractivity (Wildman–Crippen MR) is 185 cm³/mol. The third-order valence-electron chi connectivity index (χ3n) is 10.6. The Morgan fingerprint density at radius 3 is 2.28 bits per heavy atom. The number of benzene rings is 3. The van der Waals surface area contributed by atoms with Gasteiger partial charge < -0.3 is 9.47 Å². The molecule has 0 spiro atoms. The van der Waals surface area contributed by atoms with E-state index in [-0.39, 0.29) is 16.8 Å². The molecule has 7 rings (SSSR count). The van der Waals surface area contributed by atoms with Gasteiger partial charge in [-0.1, -0.05) is 70.2 Å². The second-order valence-electron chi connectivity index (χ2n) is 14.7. The van der Waals surface area contributed by atoms with Crippen LogP contribution < -0.4 is 0 Å². The quantitative estimate of drug-likeness (QED) is 0.198. The minimum Gasteiger partial charge on any atom is -0.461 e. The lowest BCUT2D eigenvalue weighted by Gasteiger charge is -2.43. The zero-order valence-corrected chi connectivity index (χ0v) is 27.8. The third-order valence-corrected chi connectivity index (χ3v) is 10.6. The first-order valence-electron chi connectivity index (χ1n) is 17.0. The molecule has 0 N–H and O–H groups in total. The number of hydrogen-bond acceptors (Lipinski definition) is 5. The monoisotopic (exact) mass is 614 g/mol. The van der Waals surface area contributed by atoms with Crippen LogP contribution in [0.3, 0.4) is 0 Å². The number of carbonyl (C=O) groups is 1. The molecule has 1 aliphatic heterocycles. The van der Waals surface area contributed by atoms with E-state index in [0.717, 1.165) is 57.7 Å². The molecule has 5 heteroatoms. The molecule has 0 radical (unpaired) electrons. The lowest BCUT2D eigenvalue weighted by molar-refractivity contribution is 0.0195. The minimum atomic E-state index is -0.267. The van der Waals surface area contributed by atoms with E-state index in [1.54, 1.807) is 0 Å². The van der Waals surface area contributed by atoms with Crippen molar-refractivity contribution in [1.29, 1.82) is 0 Å².